The van der Waals surface area contributed by atoms with Gasteiger partial charge in [0.15, 0.2) is 0 Å². The number of aromatic nitrogens is 2. The number of aryl methyl sites for hydroxylation is 1. The largest absolute Gasteiger partial charge is 0.492 e. The molecule has 0 bridgehead atoms. The van der Waals surface area contributed by atoms with E-state index in [1.165, 1.54) is 24.7 Å². The molecular formula is C26H27FN4O2. The van der Waals surface area contributed by atoms with Crippen LogP contribution in [0.4, 0.5) is 4.39 Å². The Bertz CT molecular complexity index is 1190. The zero-order chi connectivity index (χ0) is 23.4. The van der Waals surface area contributed by atoms with E-state index in [0.717, 1.165) is 46.8 Å². The van der Waals surface area contributed by atoms with Crippen LogP contribution < -0.4 is 0 Å². The lowest BCUT2D eigenvalue weighted by Crippen LogP contribution is -2.35. The molecule has 2 aromatic rings. The molecule has 0 saturated carbocycles. The highest BCUT2D eigenvalue weighted by atomic mass is 19.1. The van der Waals surface area contributed by atoms with E-state index in [-0.39, 0.29) is 11.7 Å². The number of aliphatic imine (C=N–C) groups is 1. The number of hydrogen-bond donors (Lipinski definition) is 1. The van der Waals surface area contributed by atoms with Crippen LogP contribution in [0, 0.1) is 12.7 Å². The maximum absolute atomic E-state index is 15.1. The summed E-state index contributed by atoms with van der Waals surface area (Å²) in [6.45, 7) is 10.5. The predicted octanol–water partition coefficient (Wildman–Crippen LogP) is 4.36. The molecule has 1 N–H and O–H groups in total. The first-order valence-corrected chi connectivity index (χ1v) is 10.9. The minimum atomic E-state index is -0.307. The smallest absolute Gasteiger partial charge is 0.233 e. The van der Waals surface area contributed by atoms with Gasteiger partial charge in [-0.05, 0) is 54.8 Å². The topological polar surface area (TPSA) is 70.8 Å². The minimum Gasteiger partial charge on any atom is -0.492 e. The highest BCUT2D eigenvalue weighted by molar-refractivity contribution is 6.16. The first-order valence-electron chi connectivity index (χ1n) is 10.9. The van der Waals surface area contributed by atoms with Gasteiger partial charge >= 0.3 is 0 Å². The molecule has 170 valence electrons. The zero-order valence-corrected chi connectivity index (χ0v) is 18.9. The van der Waals surface area contributed by atoms with E-state index in [2.05, 4.69) is 26.4 Å². The zero-order valence-electron chi connectivity index (χ0n) is 18.9. The molecular weight excluding hydrogens is 419 g/mol. The van der Waals surface area contributed by atoms with Gasteiger partial charge in [0.25, 0.3) is 0 Å². The third-order valence-corrected chi connectivity index (χ3v) is 5.93. The molecule has 1 aliphatic carbocycles. The Morgan fingerprint density at radius 2 is 2.00 bits per heavy atom. The van der Waals surface area contributed by atoms with Gasteiger partial charge in [-0.25, -0.2) is 9.37 Å². The van der Waals surface area contributed by atoms with Crippen molar-refractivity contribution in [3.8, 4) is 5.88 Å². The Kier molecular flexibility index (Phi) is 6.79. The van der Waals surface area contributed by atoms with Gasteiger partial charge in [0.1, 0.15) is 11.5 Å². The molecule has 1 aromatic heterocycles. The first kappa shape index (κ1) is 22.6. The van der Waals surface area contributed by atoms with Crippen LogP contribution in [0.3, 0.4) is 0 Å². The molecule has 6 nitrogen and oxygen atoms in total. The lowest BCUT2D eigenvalue weighted by atomic mass is 9.91. The molecule has 1 aliphatic heterocycles. The van der Waals surface area contributed by atoms with Crippen molar-refractivity contribution in [2.24, 2.45) is 4.99 Å². The molecule has 1 aromatic carbocycles. The van der Waals surface area contributed by atoms with E-state index in [0.29, 0.717) is 30.9 Å². The van der Waals surface area contributed by atoms with Crippen molar-refractivity contribution in [1.82, 2.24) is 14.9 Å². The highest BCUT2D eigenvalue weighted by Crippen LogP contribution is 2.30. The highest BCUT2D eigenvalue weighted by Gasteiger charge is 2.20. The number of allylic oxidation sites excluding steroid dienone is 5. The second kappa shape index (κ2) is 9.92. The molecule has 1 saturated heterocycles. The van der Waals surface area contributed by atoms with Crippen LogP contribution in [0.5, 0.6) is 5.88 Å². The average Bonchev–Trinajstić information content (AvgIpc) is 2.82. The van der Waals surface area contributed by atoms with Crippen LogP contribution >= 0.6 is 0 Å². The van der Waals surface area contributed by atoms with Crippen molar-refractivity contribution in [3.05, 3.63) is 95.0 Å². The summed E-state index contributed by atoms with van der Waals surface area (Å²) in [6.07, 6.45) is 10.9. The van der Waals surface area contributed by atoms with Gasteiger partial charge in [-0.2, -0.15) is 0 Å². The monoisotopic (exact) mass is 446 g/mol. The van der Waals surface area contributed by atoms with Gasteiger partial charge in [0.05, 0.1) is 18.9 Å². The third kappa shape index (κ3) is 4.93. The van der Waals surface area contributed by atoms with Crippen LogP contribution in [0.25, 0.3) is 5.57 Å². The van der Waals surface area contributed by atoms with Gasteiger partial charge in [-0.1, -0.05) is 12.7 Å². The van der Waals surface area contributed by atoms with Crippen LogP contribution in [-0.2, 0) is 11.2 Å². The molecule has 2 heterocycles. The van der Waals surface area contributed by atoms with Crippen molar-refractivity contribution in [3.63, 3.8) is 0 Å². The SMILES string of the molecule is C=C/N=C1/C=C(N2CCOCC2)C=C/C1=C(/C)c1cc(Cc2nccnc2O)c(C)cc1F. The van der Waals surface area contributed by atoms with Crippen molar-refractivity contribution >= 4 is 11.3 Å². The number of halogens is 1. The summed E-state index contributed by atoms with van der Waals surface area (Å²) in [7, 11) is 0. The summed E-state index contributed by atoms with van der Waals surface area (Å²) < 4.78 is 20.6. The number of nitrogens with zero attached hydrogens (tertiary/aromatic N) is 4. The Labute approximate surface area is 193 Å². The van der Waals surface area contributed by atoms with Crippen molar-refractivity contribution in [1.29, 1.82) is 0 Å². The molecule has 0 unspecified atom stereocenters. The van der Waals surface area contributed by atoms with Crippen molar-refractivity contribution < 1.29 is 14.2 Å². The number of ether oxygens (including phenoxy) is 1. The number of rotatable bonds is 5. The van der Waals surface area contributed by atoms with Crippen LogP contribution in [0.15, 0.2) is 71.8 Å². The van der Waals surface area contributed by atoms with E-state index in [4.69, 9.17) is 4.74 Å². The number of aromatic hydroxyl groups is 1. The Morgan fingerprint density at radius 1 is 1.24 bits per heavy atom. The fourth-order valence-electron chi connectivity index (χ4n) is 4.07. The van der Waals surface area contributed by atoms with Crippen molar-refractivity contribution in [2.45, 2.75) is 20.3 Å². The van der Waals surface area contributed by atoms with Gasteiger partial charge < -0.3 is 14.7 Å². The molecule has 0 amide bonds. The fourth-order valence-corrected chi connectivity index (χ4v) is 4.07. The lowest BCUT2D eigenvalue weighted by Gasteiger charge is -2.31. The van der Waals surface area contributed by atoms with E-state index < -0.39 is 0 Å². The summed E-state index contributed by atoms with van der Waals surface area (Å²) in [4.78, 5) is 14.8. The summed E-state index contributed by atoms with van der Waals surface area (Å²) in [5.41, 5.74) is 5.99. The second-order valence-corrected chi connectivity index (χ2v) is 8.00. The quantitative estimate of drug-likeness (QED) is 0.739. The molecule has 0 spiro atoms. The van der Waals surface area contributed by atoms with Gasteiger partial charge in [0.2, 0.25) is 5.88 Å². The third-order valence-electron chi connectivity index (χ3n) is 5.93. The minimum absolute atomic E-state index is 0.116. The lowest BCUT2D eigenvalue weighted by molar-refractivity contribution is 0.0554. The second-order valence-electron chi connectivity index (χ2n) is 8.00. The van der Waals surface area contributed by atoms with Crippen LogP contribution in [-0.4, -0.2) is 52.0 Å². The van der Waals surface area contributed by atoms with Crippen LogP contribution in [0.2, 0.25) is 0 Å². The Balaban J connectivity index is 1.72. The van der Waals surface area contributed by atoms with E-state index in [1.54, 1.807) is 0 Å². The Morgan fingerprint density at radius 3 is 2.73 bits per heavy atom. The maximum atomic E-state index is 15.1. The summed E-state index contributed by atoms with van der Waals surface area (Å²) in [5, 5.41) is 10.0. The average molecular weight is 447 g/mol. The number of hydrogen-bond acceptors (Lipinski definition) is 6. The van der Waals surface area contributed by atoms with Gasteiger partial charge in [0, 0.05) is 54.9 Å². The Hall–Kier alpha value is -3.58. The number of benzene rings is 1. The predicted molar refractivity (Wildman–Crippen MR) is 127 cm³/mol. The maximum Gasteiger partial charge on any atom is 0.233 e. The van der Waals surface area contributed by atoms with Gasteiger partial charge in [-0.15, -0.1) is 0 Å². The normalized spacial score (nSPS) is 18.9. The van der Waals surface area contributed by atoms with Crippen LogP contribution in [0.1, 0.15) is 29.3 Å². The first-order chi connectivity index (χ1) is 16.0. The fraction of sp³-hybridized carbons (Fsp3) is 0.269. The van der Waals surface area contributed by atoms with Gasteiger partial charge in [-0.3, -0.25) is 9.98 Å². The molecule has 4 rings (SSSR count). The molecule has 2 aliphatic rings. The standard InChI is InChI=1S/C26H27FN4O2/c1-4-28-24-16-20(31-9-11-33-12-10-31)5-6-21(24)18(3)22-14-19(17(2)13-23(22)27)15-25-26(32)30-8-7-29-25/h4-8,13-14,16H,1,9-12,15H2,2-3H3,(H,30,32)/b21-18+,28-24-. The number of morpholine rings is 1. The van der Waals surface area contributed by atoms with E-state index in [9.17, 15) is 5.11 Å². The van der Waals surface area contributed by atoms with E-state index in [1.807, 2.05) is 38.1 Å². The summed E-state index contributed by atoms with van der Waals surface area (Å²) >= 11 is 0. The molecule has 7 heteroatoms. The van der Waals surface area contributed by atoms with E-state index >= 15 is 4.39 Å². The molecule has 1 fully saturated rings. The summed E-state index contributed by atoms with van der Waals surface area (Å²) in [6, 6.07) is 3.34. The summed E-state index contributed by atoms with van der Waals surface area (Å²) in [5.74, 6) is -0.423. The molecule has 33 heavy (non-hydrogen) atoms. The van der Waals surface area contributed by atoms with Crippen molar-refractivity contribution in [2.75, 3.05) is 26.3 Å². The molecule has 0 radical (unpaired) electrons. The molecule has 0 atom stereocenters.